The normalized spacial score (nSPS) is 18.0. The zero-order valence-corrected chi connectivity index (χ0v) is 16.7. The number of thiol groups is 1. The van der Waals surface area contributed by atoms with Crippen LogP contribution in [-0.4, -0.2) is 20.8 Å². The maximum atomic E-state index is 11.0. The molecule has 1 aromatic carbocycles. The lowest BCUT2D eigenvalue weighted by molar-refractivity contribution is 0.0693. The summed E-state index contributed by atoms with van der Waals surface area (Å²) in [5.41, 5.74) is 1.31. The number of nitrogens with zero attached hydrogens (tertiary/aromatic N) is 2. The van der Waals surface area contributed by atoms with Gasteiger partial charge in [-0.25, -0.2) is 4.79 Å². The summed E-state index contributed by atoms with van der Waals surface area (Å²) < 4.78 is 0.259. The third kappa shape index (κ3) is 6.59. The van der Waals surface area contributed by atoms with Gasteiger partial charge < -0.3 is 10.2 Å². The Morgan fingerprint density at radius 3 is 2.88 bits per heavy atom. The number of carboxylic acids is 1. The van der Waals surface area contributed by atoms with Crippen molar-refractivity contribution >= 4 is 40.2 Å². The van der Waals surface area contributed by atoms with E-state index in [-0.39, 0.29) is 22.4 Å². The zero-order chi connectivity index (χ0) is 18.9. The van der Waals surface area contributed by atoms with Gasteiger partial charge in [-0.15, -0.1) is 0 Å². The molecule has 8 heteroatoms. The van der Waals surface area contributed by atoms with Crippen LogP contribution < -0.4 is 0 Å². The molecule has 2 N–H and O–H groups in total. The molecule has 138 valence electrons. The Labute approximate surface area is 166 Å². The molecule has 0 bridgehead atoms. The molecule has 26 heavy (non-hydrogen) atoms. The number of azo groups is 1. The van der Waals surface area contributed by atoms with Crippen molar-refractivity contribution in [2.45, 2.75) is 30.9 Å². The van der Waals surface area contributed by atoms with E-state index in [1.807, 2.05) is 19.1 Å². The van der Waals surface area contributed by atoms with Crippen LogP contribution in [0.3, 0.4) is 0 Å². The molecule has 1 heterocycles. The number of benzene rings is 1. The zero-order valence-electron chi connectivity index (χ0n) is 14.2. The molecule has 5 nitrogen and oxygen atoms in total. The van der Waals surface area contributed by atoms with Crippen LogP contribution in [-0.2, 0) is 6.54 Å². The van der Waals surface area contributed by atoms with E-state index in [1.54, 1.807) is 27.7 Å². The van der Waals surface area contributed by atoms with Crippen LogP contribution in [0.4, 0.5) is 0 Å². The third-order valence-electron chi connectivity index (χ3n) is 3.33. The highest BCUT2D eigenvalue weighted by molar-refractivity contribution is 8.80. The standard InChI is InChI=1S/C18H20N2O3S3/c1-2-4-13(5-3-6-14-10-17(24)26-25-14)20-19-11-12-7-8-16(21)15(9-12)18(22)23/h3-5,7-10,17,21,24H,2,6,11H2,1H3,(H,22,23)/b5-3-,13-4+,20-19?. The summed E-state index contributed by atoms with van der Waals surface area (Å²) in [4.78, 5) is 12.3. The Morgan fingerprint density at radius 2 is 2.23 bits per heavy atom. The molecule has 1 aliphatic heterocycles. The average molecular weight is 409 g/mol. The van der Waals surface area contributed by atoms with Crippen molar-refractivity contribution in [3.63, 3.8) is 0 Å². The first-order chi connectivity index (χ1) is 12.5. The smallest absolute Gasteiger partial charge is 0.339 e. The molecule has 0 aromatic heterocycles. The monoisotopic (exact) mass is 408 g/mol. The van der Waals surface area contributed by atoms with Crippen molar-refractivity contribution in [3.8, 4) is 5.75 Å². The van der Waals surface area contributed by atoms with E-state index in [2.05, 4.69) is 35.0 Å². The van der Waals surface area contributed by atoms with E-state index in [0.29, 0.717) is 5.56 Å². The molecule has 0 radical (unpaired) electrons. The third-order valence-corrected chi connectivity index (χ3v) is 6.73. The van der Waals surface area contributed by atoms with Crippen molar-refractivity contribution in [1.82, 2.24) is 0 Å². The van der Waals surface area contributed by atoms with Gasteiger partial charge in [-0.05, 0) is 41.5 Å². The predicted octanol–water partition coefficient (Wildman–Crippen LogP) is 5.82. The summed E-state index contributed by atoms with van der Waals surface area (Å²) in [6.07, 6.45) is 9.78. The molecule has 0 fully saturated rings. The van der Waals surface area contributed by atoms with Crippen LogP contribution >= 0.6 is 34.2 Å². The van der Waals surface area contributed by atoms with Crippen LogP contribution in [0, 0.1) is 0 Å². The maximum absolute atomic E-state index is 11.0. The maximum Gasteiger partial charge on any atom is 0.339 e. The van der Waals surface area contributed by atoms with Crippen LogP contribution in [0.15, 0.2) is 63.3 Å². The fourth-order valence-corrected chi connectivity index (χ4v) is 4.88. The van der Waals surface area contributed by atoms with Gasteiger partial charge in [-0.1, -0.05) is 52.8 Å². The van der Waals surface area contributed by atoms with Gasteiger partial charge >= 0.3 is 5.97 Å². The van der Waals surface area contributed by atoms with Crippen molar-refractivity contribution in [2.24, 2.45) is 10.2 Å². The van der Waals surface area contributed by atoms with E-state index in [9.17, 15) is 9.90 Å². The van der Waals surface area contributed by atoms with Crippen LogP contribution in [0.5, 0.6) is 5.75 Å². The second kappa shape index (κ2) is 10.5. The first-order valence-electron chi connectivity index (χ1n) is 8.01. The summed E-state index contributed by atoms with van der Waals surface area (Å²) in [6.45, 7) is 2.27. The van der Waals surface area contributed by atoms with Crippen molar-refractivity contribution in [1.29, 1.82) is 0 Å². The highest BCUT2D eigenvalue weighted by atomic mass is 33.1. The second-order valence-electron chi connectivity index (χ2n) is 5.40. The lowest BCUT2D eigenvalue weighted by Crippen LogP contribution is -1.97. The van der Waals surface area contributed by atoms with Gasteiger partial charge in [0.15, 0.2) is 0 Å². The highest BCUT2D eigenvalue weighted by Gasteiger charge is 2.12. The first kappa shape index (κ1) is 20.7. The molecular formula is C18H20N2O3S3. The number of allylic oxidation sites excluding steroid dienone is 4. The molecule has 1 unspecified atom stereocenters. The van der Waals surface area contributed by atoms with Gasteiger partial charge in [0.1, 0.15) is 11.3 Å². The number of phenols is 1. The minimum atomic E-state index is -1.17. The Kier molecular flexibility index (Phi) is 8.34. The molecule has 1 aromatic rings. The number of hydrogen-bond donors (Lipinski definition) is 3. The Bertz CT molecular complexity index is 773. The Hall–Kier alpha value is -1.64. The van der Waals surface area contributed by atoms with E-state index in [1.165, 1.54) is 17.0 Å². The van der Waals surface area contributed by atoms with Crippen LogP contribution in [0.25, 0.3) is 0 Å². The summed E-state index contributed by atoms with van der Waals surface area (Å²) >= 11 is 4.40. The number of aromatic hydroxyl groups is 1. The molecule has 1 aliphatic rings. The Morgan fingerprint density at radius 1 is 1.42 bits per heavy atom. The van der Waals surface area contributed by atoms with E-state index < -0.39 is 5.97 Å². The van der Waals surface area contributed by atoms with Gasteiger partial charge in [0.2, 0.25) is 0 Å². The molecule has 1 atom stereocenters. The van der Waals surface area contributed by atoms with Crippen LogP contribution in [0.2, 0.25) is 0 Å². The lowest BCUT2D eigenvalue weighted by atomic mass is 10.1. The van der Waals surface area contributed by atoms with Gasteiger partial charge in [-0.2, -0.15) is 22.9 Å². The number of hydrogen-bond acceptors (Lipinski definition) is 7. The van der Waals surface area contributed by atoms with Gasteiger partial charge in [0.05, 0.1) is 16.8 Å². The topological polar surface area (TPSA) is 82.2 Å². The van der Waals surface area contributed by atoms with E-state index in [4.69, 9.17) is 5.11 Å². The molecular weight excluding hydrogens is 388 g/mol. The molecule has 0 aliphatic carbocycles. The average Bonchev–Trinajstić information content (AvgIpc) is 3.01. The van der Waals surface area contributed by atoms with Crippen molar-refractivity contribution in [3.05, 3.63) is 64.2 Å². The fraction of sp³-hybridized carbons (Fsp3) is 0.278. The lowest BCUT2D eigenvalue weighted by Gasteiger charge is -2.02. The largest absolute Gasteiger partial charge is 0.507 e. The predicted molar refractivity (Wildman–Crippen MR) is 112 cm³/mol. The van der Waals surface area contributed by atoms with Gasteiger partial charge in [0, 0.05) is 0 Å². The van der Waals surface area contributed by atoms with Crippen molar-refractivity contribution < 1.29 is 15.0 Å². The minimum Gasteiger partial charge on any atom is -0.507 e. The quantitative estimate of drug-likeness (QED) is 0.219. The van der Waals surface area contributed by atoms with Crippen molar-refractivity contribution in [2.75, 3.05) is 0 Å². The molecule has 0 spiro atoms. The molecule has 0 amide bonds. The number of rotatable bonds is 8. The van der Waals surface area contributed by atoms with Gasteiger partial charge in [-0.3, -0.25) is 0 Å². The van der Waals surface area contributed by atoms with E-state index >= 15 is 0 Å². The van der Waals surface area contributed by atoms with E-state index in [0.717, 1.165) is 18.5 Å². The Balaban J connectivity index is 1.97. The highest BCUT2D eigenvalue weighted by Crippen LogP contribution is 2.44. The summed E-state index contributed by atoms with van der Waals surface area (Å²) in [7, 11) is 3.47. The summed E-state index contributed by atoms with van der Waals surface area (Å²) in [6, 6.07) is 4.40. The van der Waals surface area contributed by atoms with Crippen LogP contribution in [0.1, 0.15) is 35.7 Å². The molecule has 0 saturated heterocycles. The minimum absolute atomic E-state index is 0.135. The summed E-state index contributed by atoms with van der Waals surface area (Å²) in [5.74, 6) is -1.43. The SMILES string of the molecule is CC/C=C(\C=C/CC1=CC(S)SS1)N=NCc1ccc(O)c(C(=O)O)c1. The fourth-order valence-electron chi connectivity index (χ4n) is 2.13. The number of carboxylic acid groups (broad SMARTS) is 1. The molecule has 0 saturated carbocycles. The summed E-state index contributed by atoms with van der Waals surface area (Å²) in [5, 5.41) is 26.9. The number of aromatic carboxylic acids is 1. The molecule has 2 rings (SSSR count). The second-order valence-corrected chi connectivity index (χ2v) is 8.78. The number of carbonyl (C=O) groups is 1. The van der Waals surface area contributed by atoms with Gasteiger partial charge in [0.25, 0.3) is 0 Å². The first-order valence-corrected chi connectivity index (χ1v) is 10.7.